The minimum Gasteiger partial charge on any atom is -0.399 e. The molecule has 0 radical (unpaired) electrons. The highest BCUT2D eigenvalue weighted by Crippen LogP contribution is 2.27. The highest BCUT2D eigenvalue weighted by atomic mass is 32.2. The Morgan fingerprint density at radius 1 is 1.33 bits per heavy atom. The molecule has 0 aliphatic rings. The molecule has 21 heavy (non-hydrogen) atoms. The van der Waals surface area contributed by atoms with Crippen molar-refractivity contribution in [3.05, 3.63) is 24.0 Å². The summed E-state index contributed by atoms with van der Waals surface area (Å²) in [5.74, 6) is 1.89. The van der Waals surface area contributed by atoms with Gasteiger partial charge in [0.1, 0.15) is 5.82 Å². The van der Waals surface area contributed by atoms with Gasteiger partial charge in [-0.3, -0.25) is 0 Å². The summed E-state index contributed by atoms with van der Waals surface area (Å²) in [5.41, 5.74) is 8.45. The zero-order chi connectivity index (χ0) is 14.8. The molecule has 3 aromatic rings. The number of nitrogen functional groups attached to an aromatic ring is 1. The van der Waals surface area contributed by atoms with E-state index in [1.54, 1.807) is 23.1 Å². The second kappa shape index (κ2) is 5.90. The first-order valence-electron chi connectivity index (χ1n) is 6.49. The number of rotatable bonds is 5. The van der Waals surface area contributed by atoms with Crippen molar-refractivity contribution >= 4 is 45.0 Å². The molecule has 0 amide bonds. The van der Waals surface area contributed by atoms with Crippen molar-refractivity contribution < 1.29 is 0 Å². The van der Waals surface area contributed by atoms with Gasteiger partial charge in [0.2, 0.25) is 5.13 Å². The van der Waals surface area contributed by atoms with Crippen LogP contribution in [-0.2, 0) is 6.42 Å². The molecule has 0 saturated carbocycles. The Morgan fingerprint density at radius 3 is 2.95 bits per heavy atom. The van der Waals surface area contributed by atoms with Crippen molar-refractivity contribution in [2.45, 2.75) is 10.8 Å². The first kappa shape index (κ1) is 14.2. The molecule has 3 rings (SSSR count). The van der Waals surface area contributed by atoms with Crippen molar-refractivity contribution in [2.24, 2.45) is 0 Å². The van der Waals surface area contributed by atoms with Crippen molar-refractivity contribution in [2.75, 3.05) is 30.5 Å². The van der Waals surface area contributed by atoms with Gasteiger partial charge >= 0.3 is 0 Å². The van der Waals surface area contributed by atoms with Gasteiger partial charge in [-0.15, -0.1) is 10.2 Å². The summed E-state index contributed by atoms with van der Waals surface area (Å²) in [6.45, 7) is 0. The minimum absolute atomic E-state index is 0.747. The van der Waals surface area contributed by atoms with Crippen LogP contribution >= 0.6 is 23.1 Å². The van der Waals surface area contributed by atoms with Gasteiger partial charge in [-0.1, -0.05) is 23.1 Å². The second-order valence-corrected chi connectivity index (χ2v) is 7.10. The molecule has 110 valence electrons. The van der Waals surface area contributed by atoms with E-state index in [-0.39, 0.29) is 0 Å². The third-order valence-electron chi connectivity index (χ3n) is 2.90. The minimum atomic E-state index is 0.747. The van der Waals surface area contributed by atoms with Crippen LogP contribution in [0.1, 0.15) is 5.82 Å². The number of hydrogen-bond donors (Lipinski definition) is 2. The summed E-state index contributed by atoms with van der Waals surface area (Å²) in [6, 6.07) is 5.71. The Kier molecular flexibility index (Phi) is 3.98. The highest BCUT2D eigenvalue weighted by Gasteiger charge is 2.07. The van der Waals surface area contributed by atoms with Gasteiger partial charge in [0.25, 0.3) is 0 Å². The normalized spacial score (nSPS) is 11.1. The third kappa shape index (κ3) is 3.27. The Morgan fingerprint density at radius 2 is 2.19 bits per heavy atom. The summed E-state index contributed by atoms with van der Waals surface area (Å²) in [7, 11) is 3.93. The summed E-state index contributed by atoms with van der Waals surface area (Å²) < 4.78 is 0.985. The quantitative estimate of drug-likeness (QED) is 0.555. The number of benzene rings is 1. The fraction of sp³-hybridized carbons (Fsp3) is 0.308. The largest absolute Gasteiger partial charge is 0.399 e. The maximum Gasteiger partial charge on any atom is 0.208 e. The predicted octanol–water partition coefficient (Wildman–Crippen LogP) is 2.40. The lowest BCUT2D eigenvalue weighted by Gasteiger charge is -2.03. The average molecular weight is 320 g/mol. The number of nitrogens with two attached hydrogens (primary N) is 1. The lowest BCUT2D eigenvalue weighted by Crippen LogP contribution is -2.07. The number of fused-ring (bicyclic) bond motifs is 1. The zero-order valence-corrected chi connectivity index (χ0v) is 13.5. The van der Waals surface area contributed by atoms with Crippen LogP contribution in [-0.4, -0.2) is 40.0 Å². The fourth-order valence-electron chi connectivity index (χ4n) is 1.88. The van der Waals surface area contributed by atoms with Crippen LogP contribution in [0.4, 0.5) is 10.8 Å². The molecule has 0 atom stereocenters. The molecular weight excluding hydrogens is 304 g/mol. The Balaban J connectivity index is 1.60. The SMILES string of the molecule is CN(C)c1nnc(SCCc2nc3ccc(N)cc3[nH]2)s1. The number of anilines is 2. The van der Waals surface area contributed by atoms with E-state index in [1.165, 1.54) is 0 Å². The Labute approximate surface area is 130 Å². The molecule has 3 N–H and O–H groups in total. The van der Waals surface area contributed by atoms with Crippen LogP contribution < -0.4 is 10.6 Å². The van der Waals surface area contributed by atoms with E-state index in [0.29, 0.717) is 0 Å². The van der Waals surface area contributed by atoms with Crippen LogP contribution in [0.3, 0.4) is 0 Å². The van der Waals surface area contributed by atoms with Gasteiger partial charge in [-0.25, -0.2) is 4.98 Å². The molecule has 6 nitrogen and oxygen atoms in total. The lowest BCUT2D eigenvalue weighted by atomic mass is 10.3. The fourth-order valence-corrected chi connectivity index (χ4v) is 3.66. The highest BCUT2D eigenvalue weighted by molar-refractivity contribution is 8.01. The molecule has 8 heteroatoms. The molecule has 0 fully saturated rings. The van der Waals surface area contributed by atoms with Gasteiger partial charge < -0.3 is 15.6 Å². The molecule has 2 aromatic heterocycles. The van der Waals surface area contributed by atoms with E-state index < -0.39 is 0 Å². The maximum absolute atomic E-state index is 5.77. The standard InChI is InChI=1S/C13H16N6S2/c1-19(2)12-17-18-13(21-12)20-6-5-11-15-9-4-3-8(14)7-10(9)16-11/h3-4,7H,5-6,14H2,1-2H3,(H,15,16). The van der Waals surface area contributed by atoms with Gasteiger partial charge in [0.05, 0.1) is 11.0 Å². The van der Waals surface area contributed by atoms with Crippen molar-refractivity contribution in [1.29, 1.82) is 0 Å². The monoisotopic (exact) mass is 320 g/mol. The number of hydrogen-bond acceptors (Lipinski definition) is 7. The van der Waals surface area contributed by atoms with Crippen molar-refractivity contribution in [3.8, 4) is 0 Å². The summed E-state index contributed by atoms with van der Waals surface area (Å²) in [4.78, 5) is 9.82. The van der Waals surface area contributed by atoms with E-state index in [4.69, 9.17) is 5.73 Å². The van der Waals surface area contributed by atoms with Crippen molar-refractivity contribution in [1.82, 2.24) is 20.2 Å². The molecule has 0 bridgehead atoms. The first-order valence-corrected chi connectivity index (χ1v) is 8.30. The smallest absolute Gasteiger partial charge is 0.208 e. The molecule has 0 unspecified atom stereocenters. The average Bonchev–Trinajstić information content (AvgIpc) is 3.04. The molecule has 0 saturated heterocycles. The Bertz CT molecular complexity index is 748. The molecule has 1 aromatic carbocycles. The summed E-state index contributed by atoms with van der Waals surface area (Å²) in [6.07, 6.45) is 0.857. The van der Waals surface area contributed by atoms with Crippen LogP contribution in [0.2, 0.25) is 0 Å². The topological polar surface area (TPSA) is 83.7 Å². The summed E-state index contributed by atoms with van der Waals surface area (Å²) >= 11 is 3.30. The van der Waals surface area contributed by atoms with Crippen LogP contribution in [0.5, 0.6) is 0 Å². The predicted molar refractivity (Wildman–Crippen MR) is 89.2 cm³/mol. The van der Waals surface area contributed by atoms with Crippen LogP contribution in [0, 0.1) is 0 Å². The Hall–Kier alpha value is -1.80. The molecule has 0 aliphatic heterocycles. The van der Waals surface area contributed by atoms with Crippen LogP contribution in [0.15, 0.2) is 22.5 Å². The van der Waals surface area contributed by atoms with Gasteiger partial charge in [-0.05, 0) is 18.2 Å². The van der Waals surface area contributed by atoms with E-state index in [9.17, 15) is 0 Å². The van der Waals surface area contributed by atoms with Gasteiger partial charge in [-0.2, -0.15) is 0 Å². The van der Waals surface area contributed by atoms with Crippen LogP contribution in [0.25, 0.3) is 11.0 Å². The number of nitrogens with zero attached hydrogens (tertiary/aromatic N) is 4. The van der Waals surface area contributed by atoms with E-state index in [1.807, 2.05) is 37.2 Å². The number of nitrogens with one attached hydrogen (secondary N) is 1. The molecule has 0 spiro atoms. The second-order valence-electron chi connectivity index (χ2n) is 4.80. The number of aromatic nitrogens is 4. The molecule has 2 heterocycles. The lowest BCUT2D eigenvalue weighted by molar-refractivity contribution is 0.967. The third-order valence-corrected chi connectivity index (χ3v) is 5.12. The number of imidazole rings is 1. The van der Waals surface area contributed by atoms with Gasteiger partial charge in [0, 0.05) is 32.0 Å². The zero-order valence-electron chi connectivity index (χ0n) is 11.8. The molecule has 0 aliphatic carbocycles. The summed E-state index contributed by atoms with van der Waals surface area (Å²) in [5, 5.41) is 9.22. The van der Waals surface area contributed by atoms with E-state index in [2.05, 4.69) is 20.2 Å². The van der Waals surface area contributed by atoms with E-state index in [0.717, 1.165) is 44.2 Å². The number of H-pyrrole nitrogens is 1. The van der Waals surface area contributed by atoms with E-state index >= 15 is 0 Å². The number of thioether (sulfide) groups is 1. The number of aromatic amines is 1. The van der Waals surface area contributed by atoms with Crippen molar-refractivity contribution in [3.63, 3.8) is 0 Å². The number of aryl methyl sites for hydroxylation is 1. The maximum atomic E-state index is 5.77. The van der Waals surface area contributed by atoms with Gasteiger partial charge in [0.15, 0.2) is 4.34 Å². The first-order chi connectivity index (χ1) is 10.1. The molecular formula is C13H16N6S2.